The molecule has 9 heteroatoms. The molecule has 40 heavy (non-hydrogen) atoms. The molecule has 2 aliphatic rings. The molecule has 0 aliphatic heterocycles. The number of nitrogens with one attached hydrogen (secondary N) is 2. The molecule has 5 rings (SSSR count). The lowest BCUT2D eigenvalue weighted by Crippen LogP contribution is -2.44. The largest absolute Gasteiger partial charge is 0.349 e. The first kappa shape index (κ1) is 28.5. The fourth-order valence-corrected chi connectivity index (χ4v) is 7.69. The zero-order valence-electron chi connectivity index (χ0n) is 23.4. The molecule has 7 nitrogen and oxygen atoms in total. The van der Waals surface area contributed by atoms with Crippen LogP contribution in [0.3, 0.4) is 0 Å². The average molecular weight is 568 g/mol. The van der Waals surface area contributed by atoms with Crippen LogP contribution in [0.5, 0.6) is 0 Å². The average Bonchev–Trinajstić information content (AvgIpc) is 3.20. The number of amides is 1. The van der Waals surface area contributed by atoms with Crippen molar-refractivity contribution in [2.75, 3.05) is 0 Å². The van der Waals surface area contributed by atoms with E-state index in [9.17, 15) is 18.0 Å². The zero-order chi connectivity index (χ0) is 28.7. The number of nitrogens with zero attached hydrogens (tertiary/aromatic N) is 1. The lowest BCUT2D eigenvalue weighted by Gasteiger charge is -2.32. The van der Waals surface area contributed by atoms with Crippen LogP contribution in [0.15, 0.2) is 47.4 Å². The van der Waals surface area contributed by atoms with E-state index < -0.39 is 27.4 Å². The van der Waals surface area contributed by atoms with Crippen molar-refractivity contribution in [3.63, 3.8) is 0 Å². The predicted octanol–water partition coefficient (Wildman–Crippen LogP) is 5.81. The number of aromatic nitrogens is 1. The molecular formula is C31H38FN3O4S. The molecule has 2 aliphatic carbocycles. The minimum atomic E-state index is -3.83. The van der Waals surface area contributed by atoms with Crippen LogP contribution in [0.2, 0.25) is 0 Å². The Labute approximate surface area is 235 Å². The van der Waals surface area contributed by atoms with Gasteiger partial charge in [-0.2, -0.15) is 4.39 Å². The first-order valence-corrected chi connectivity index (χ1v) is 15.7. The van der Waals surface area contributed by atoms with E-state index in [-0.39, 0.29) is 22.4 Å². The molecule has 3 aromatic rings. The van der Waals surface area contributed by atoms with Gasteiger partial charge in [-0.3, -0.25) is 4.79 Å². The minimum Gasteiger partial charge on any atom is -0.349 e. The minimum absolute atomic E-state index is 0.0319. The zero-order valence-corrected chi connectivity index (χ0v) is 24.2. The van der Waals surface area contributed by atoms with Gasteiger partial charge in [0.15, 0.2) is 0 Å². The molecule has 1 heterocycles. The Bertz CT molecular complexity index is 1530. The first-order valence-electron chi connectivity index (χ1n) is 14.2. The Morgan fingerprint density at radius 2 is 1.73 bits per heavy atom. The summed E-state index contributed by atoms with van der Waals surface area (Å²) in [5, 5.41) is 4.08. The van der Waals surface area contributed by atoms with Crippen LogP contribution in [0.1, 0.15) is 76.1 Å². The van der Waals surface area contributed by atoms with Gasteiger partial charge in [-0.25, -0.2) is 13.1 Å². The summed E-state index contributed by atoms with van der Waals surface area (Å²) < 4.78 is 47.1. The summed E-state index contributed by atoms with van der Waals surface area (Å²) in [6.07, 6.45) is 7.42. The Morgan fingerprint density at radius 1 is 1.05 bits per heavy atom. The number of rotatable bonds is 8. The van der Waals surface area contributed by atoms with Crippen LogP contribution in [0.4, 0.5) is 4.39 Å². The quantitative estimate of drug-likeness (QED) is 0.336. The Balaban J connectivity index is 1.59. The van der Waals surface area contributed by atoms with Crippen LogP contribution in [0, 0.1) is 17.8 Å². The van der Waals surface area contributed by atoms with E-state index in [2.05, 4.69) is 10.0 Å². The highest BCUT2D eigenvalue weighted by atomic mass is 32.2. The summed E-state index contributed by atoms with van der Waals surface area (Å²) in [5.74, 6) is -0.837. The van der Waals surface area contributed by atoms with Gasteiger partial charge in [0.05, 0.1) is 16.2 Å². The molecule has 2 saturated carbocycles. The third-order valence-corrected chi connectivity index (χ3v) is 9.85. The van der Waals surface area contributed by atoms with Gasteiger partial charge in [0, 0.05) is 35.0 Å². The van der Waals surface area contributed by atoms with Crippen LogP contribution >= 0.6 is 0 Å². The summed E-state index contributed by atoms with van der Waals surface area (Å²) in [4.78, 5) is 24.3. The summed E-state index contributed by atoms with van der Waals surface area (Å²) in [7, 11) is -3.83. The number of carbonyl (C=O) groups excluding carboxylic acids is 2. The third-order valence-electron chi connectivity index (χ3n) is 8.03. The number of benzene rings is 2. The third kappa shape index (κ3) is 5.86. The van der Waals surface area contributed by atoms with E-state index in [4.69, 9.17) is 0 Å². The highest BCUT2D eigenvalue weighted by molar-refractivity contribution is 7.89. The number of carbonyl (C=O) groups is 2. The molecule has 0 unspecified atom stereocenters. The lowest BCUT2D eigenvalue weighted by molar-refractivity contribution is -0.113. The molecule has 0 atom stereocenters. The molecule has 2 aromatic carbocycles. The number of hydrogen-bond acceptors (Lipinski definition) is 4. The summed E-state index contributed by atoms with van der Waals surface area (Å²) in [5.41, 5.74) is 0.529. The van der Waals surface area contributed by atoms with E-state index in [1.54, 1.807) is 55.7 Å². The Hall–Kier alpha value is -3.04. The molecule has 0 saturated heterocycles. The van der Waals surface area contributed by atoms with Gasteiger partial charge in [0.25, 0.3) is 5.91 Å². The monoisotopic (exact) mass is 567 g/mol. The summed E-state index contributed by atoms with van der Waals surface area (Å²) in [6, 6.07) is 11.9. The van der Waals surface area contributed by atoms with Crippen LogP contribution in [-0.2, 0) is 21.4 Å². The van der Waals surface area contributed by atoms with Gasteiger partial charge >= 0.3 is 0 Å². The van der Waals surface area contributed by atoms with Crippen molar-refractivity contribution < 1.29 is 22.4 Å². The van der Waals surface area contributed by atoms with Crippen molar-refractivity contribution in [2.45, 2.75) is 88.7 Å². The van der Waals surface area contributed by atoms with Crippen molar-refractivity contribution in [2.24, 2.45) is 11.8 Å². The smallest absolute Gasteiger partial charge is 0.256 e. The normalized spacial score (nSPS) is 20.3. The molecule has 0 spiro atoms. The van der Waals surface area contributed by atoms with Gasteiger partial charge in [-0.15, -0.1) is 0 Å². The number of aldehydes is 1. The van der Waals surface area contributed by atoms with Crippen LogP contribution in [-0.4, -0.2) is 36.8 Å². The standard InChI is InChI=1S/C31H38FN3O4S/c1-31(2,3)34-40(38,39)28-14-13-24(23-11-7-8-12-25(23)28)27-17-26(30(37)33-22-15-21(16-22)19-36)29(32)35(27)18-20-9-5-4-6-10-20/h7-8,11-14,17,19-22,34H,4-6,9-10,15-16,18H2,1-3H3,(H,33,37). The van der Waals surface area contributed by atoms with E-state index >= 15 is 4.39 Å². The maximum absolute atomic E-state index is 16.1. The fraction of sp³-hybridized carbons (Fsp3) is 0.484. The number of fused-ring (bicyclic) bond motifs is 1. The van der Waals surface area contributed by atoms with Crippen molar-refractivity contribution in [1.29, 1.82) is 0 Å². The predicted molar refractivity (Wildman–Crippen MR) is 154 cm³/mol. The number of halogens is 1. The highest BCUT2D eigenvalue weighted by Gasteiger charge is 2.32. The van der Waals surface area contributed by atoms with Crippen molar-refractivity contribution in [3.8, 4) is 11.3 Å². The maximum Gasteiger partial charge on any atom is 0.256 e. The molecule has 0 bridgehead atoms. The van der Waals surface area contributed by atoms with Gasteiger partial charge in [-0.05, 0) is 69.9 Å². The first-order chi connectivity index (χ1) is 19.0. The van der Waals surface area contributed by atoms with E-state index in [0.717, 1.165) is 32.0 Å². The molecule has 0 radical (unpaired) electrons. The van der Waals surface area contributed by atoms with E-state index in [1.165, 1.54) is 6.42 Å². The van der Waals surface area contributed by atoms with Crippen LogP contribution in [0.25, 0.3) is 22.0 Å². The molecule has 214 valence electrons. The molecule has 2 N–H and O–H groups in total. The van der Waals surface area contributed by atoms with Crippen molar-refractivity contribution in [1.82, 2.24) is 14.6 Å². The lowest BCUT2D eigenvalue weighted by atomic mass is 9.81. The topological polar surface area (TPSA) is 97.3 Å². The maximum atomic E-state index is 16.1. The second-order valence-corrected chi connectivity index (χ2v) is 14.0. The van der Waals surface area contributed by atoms with Gasteiger partial charge in [-0.1, -0.05) is 49.6 Å². The van der Waals surface area contributed by atoms with E-state index in [0.29, 0.717) is 47.3 Å². The molecule has 1 amide bonds. The SMILES string of the molecule is CC(C)(C)NS(=O)(=O)c1ccc(-c2cc(C(=O)NC3CC(C=O)C3)c(F)n2CC2CCCCC2)c2ccccc12. The van der Waals surface area contributed by atoms with E-state index in [1.807, 2.05) is 12.1 Å². The fourth-order valence-electron chi connectivity index (χ4n) is 6.06. The van der Waals surface area contributed by atoms with Crippen molar-refractivity contribution >= 4 is 33.0 Å². The molecule has 1 aromatic heterocycles. The Morgan fingerprint density at radius 3 is 2.38 bits per heavy atom. The summed E-state index contributed by atoms with van der Waals surface area (Å²) in [6.45, 7) is 5.82. The second kappa shape index (κ2) is 11.1. The Kier molecular flexibility index (Phi) is 7.90. The van der Waals surface area contributed by atoms with Crippen LogP contribution < -0.4 is 10.0 Å². The second-order valence-electron chi connectivity index (χ2n) is 12.4. The highest BCUT2D eigenvalue weighted by Crippen LogP contribution is 2.37. The number of sulfonamides is 1. The number of hydrogen-bond donors (Lipinski definition) is 2. The van der Waals surface area contributed by atoms with Crippen molar-refractivity contribution in [3.05, 3.63) is 54.0 Å². The summed E-state index contributed by atoms with van der Waals surface area (Å²) >= 11 is 0. The molecule has 2 fully saturated rings. The van der Waals surface area contributed by atoms with Gasteiger partial charge < -0.3 is 14.7 Å². The van der Waals surface area contributed by atoms with Gasteiger partial charge in [0.2, 0.25) is 16.0 Å². The molecular weight excluding hydrogens is 529 g/mol. The van der Waals surface area contributed by atoms with Gasteiger partial charge in [0.1, 0.15) is 6.29 Å².